The largest absolute Gasteiger partial charge is 0.545 e. The predicted molar refractivity (Wildman–Crippen MR) is 106 cm³/mol. The Kier molecular flexibility index (Phi) is 4.35. The van der Waals surface area contributed by atoms with Crippen molar-refractivity contribution in [1.82, 2.24) is 0 Å². The van der Waals surface area contributed by atoms with Crippen molar-refractivity contribution in [2.45, 2.75) is 0 Å². The molecular formula is C24H17O3-. The molecule has 4 aromatic carbocycles. The lowest BCUT2D eigenvalue weighted by molar-refractivity contribution is -0.255. The lowest BCUT2D eigenvalue weighted by Crippen LogP contribution is -2.21. The maximum atomic E-state index is 11.0. The number of hydrogen-bond acceptors (Lipinski definition) is 3. The number of methoxy groups -OCH3 is 1. The van der Waals surface area contributed by atoms with Gasteiger partial charge in [0.15, 0.2) is 0 Å². The fourth-order valence-electron chi connectivity index (χ4n) is 3.36. The fraction of sp³-hybridized carbons (Fsp3) is 0.0417. The van der Waals surface area contributed by atoms with Crippen LogP contribution >= 0.6 is 0 Å². The number of benzene rings is 4. The van der Waals surface area contributed by atoms with Crippen molar-refractivity contribution in [3.63, 3.8) is 0 Å². The van der Waals surface area contributed by atoms with Gasteiger partial charge < -0.3 is 14.6 Å². The molecule has 0 atom stereocenters. The van der Waals surface area contributed by atoms with Gasteiger partial charge in [-0.25, -0.2) is 0 Å². The van der Waals surface area contributed by atoms with Crippen molar-refractivity contribution in [1.29, 1.82) is 0 Å². The van der Waals surface area contributed by atoms with Gasteiger partial charge in [-0.15, -0.1) is 0 Å². The van der Waals surface area contributed by atoms with E-state index in [1.54, 1.807) is 19.2 Å². The SMILES string of the molecule is COc1ccc(-c2ccc(-c3ccc(C(=O)[O-])cc3)c3ccccc23)cc1. The van der Waals surface area contributed by atoms with Gasteiger partial charge in [-0.05, 0) is 50.7 Å². The van der Waals surface area contributed by atoms with E-state index < -0.39 is 5.97 Å². The quantitative estimate of drug-likeness (QED) is 0.541. The highest BCUT2D eigenvalue weighted by molar-refractivity contribution is 6.05. The van der Waals surface area contributed by atoms with E-state index >= 15 is 0 Å². The molecule has 4 aromatic rings. The number of ether oxygens (including phenoxy) is 1. The zero-order valence-corrected chi connectivity index (χ0v) is 14.8. The number of carbonyl (C=O) groups excluding carboxylic acids is 1. The topological polar surface area (TPSA) is 49.4 Å². The third kappa shape index (κ3) is 3.15. The summed E-state index contributed by atoms with van der Waals surface area (Å²) in [6.45, 7) is 0. The van der Waals surface area contributed by atoms with Gasteiger partial charge in [-0.2, -0.15) is 0 Å². The van der Waals surface area contributed by atoms with Gasteiger partial charge in [0, 0.05) is 0 Å². The molecule has 0 N–H and O–H groups in total. The van der Waals surface area contributed by atoms with Crippen LogP contribution in [0.2, 0.25) is 0 Å². The van der Waals surface area contributed by atoms with Gasteiger partial charge in [-0.1, -0.05) is 72.8 Å². The van der Waals surface area contributed by atoms with Gasteiger partial charge in [-0.3, -0.25) is 0 Å². The Morgan fingerprint density at radius 2 is 1.19 bits per heavy atom. The highest BCUT2D eigenvalue weighted by Gasteiger charge is 2.09. The molecule has 4 rings (SSSR count). The molecule has 27 heavy (non-hydrogen) atoms. The maximum Gasteiger partial charge on any atom is 0.118 e. The zero-order chi connectivity index (χ0) is 18.8. The summed E-state index contributed by atoms with van der Waals surface area (Å²) < 4.78 is 5.25. The summed E-state index contributed by atoms with van der Waals surface area (Å²) in [5, 5.41) is 13.2. The summed E-state index contributed by atoms with van der Waals surface area (Å²) in [4.78, 5) is 11.0. The molecule has 0 spiro atoms. The molecule has 0 bridgehead atoms. The van der Waals surface area contributed by atoms with Crippen LogP contribution in [0, 0.1) is 0 Å². The molecule has 0 radical (unpaired) electrons. The number of aromatic carboxylic acids is 1. The number of hydrogen-bond donors (Lipinski definition) is 0. The van der Waals surface area contributed by atoms with Gasteiger partial charge >= 0.3 is 0 Å². The van der Waals surface area contributed by atoms with Crippen LogP contribution in [0.15, 0.2) is 84.9 Å². The Morgan fingerprint density at radius 1 is 0.704 bits per heavy atom. The fourth-order valence-corrected chi connectivity index (χ4v) is 3.36. The van der Waals surface area contributed by atoms with Crippen molar-refractivity contribution < 1.29 is 14.6 Å². The van der Waals surface area contributed by atoms with Gasteiger partial charge in [0.05, 0.1) is 13.1 Å². The molecule has 0 unspecified atom stereocenters. The Balaban J connectivity index is 1.86. The normalized spacial score (nSPS) is 10.7. The molecule has 0 aliphatic rings. The van der Waals surface area contributed by atoms with E-state index in [9.17, 15) is 9.90 Å². The van der Waals surface area contributed by atoms with Crippen LogP contribution in [-0.2, 0) is 0 Å². The first kappa shape index (κ1) is 16.9. The third-order valence-electron chi connectivity index (χ3n) is 4.76. The van der Waals surface area contributed by atoms with Crippen LogP contribution in [0.5, 0.6) is 5.75 Å². The van der Waals surface area contributed by atoms with Crippen molar-refractivity contribution >= 4 is 16.7 Å². The standard InChI is InChI=1S/C24H18O3/c1-27-19-12-10-17(11-13-19)21-15-14-20(22-4-2-3-5-23(21)22)16-6-8-18(9-7-16)24(25)26/h2-15H,1H3,(H,25,26)/p-1. The van der Waals surface area contributed by atoms with E-state index in [1.807, 2.05) is 36.4 Å². The van der Waals surface area contributed by atoms with E-state index in [2.05, 4.69) is 36.4 Å². The van der Waals surface area contributed by atoms with Crippen LogP contribution < -0.4 is 9.84 Å². The molecular weight excluding hydrogens is 336 g/mol. The average molecular weight is 353 g/mol. The summed E-state index contributed by atoms with van der Waals surface area (Å²) in [5.74, 6) is -0.339. The summed E-state index contributed by atoms with van der Waals surface area (Å²) in [5.41, 5.74) is 4.47. The smallest absolute Gasteiger partial charge is 0.118 e. The number of fused-ring (bicyclic) bond motifs is 1. The predicted octanol–water partition coefficient (Wildman–Crippen LogP) is 4.55. The molecule has 0 saturated carbocycles. The van der Waals surface area contributed by atoms with E-state index in [0.29, 0.717) is 0 Å². The van der Waals surface area contributed by atoms with E-state index in [1.165, 1.54) is 0 Å². The first-order valence-corrected chi connectivity index (χ1v) is 8.65. The van der Waals surface area contributed by atoms with Crippen molar-refractivity contribution in [3.8, 4) is 28.0 Å². The van der Waals surface area contributed by atoms with Gasteiger partial charge in [0.1, 0.15) is 5.75 Å². The van der Waals surface area contributed by atoms with E-state index in [0.717, 1.165) is 38.8 Å². The summed E-state index contributed by atoms with van der Waals surface area (Å²) in [6, 6.07) is 27.2. The second kappa shape index (κ2) is 6.96. The molecule has 0 aliphatic heterocycles. The van der Waals surface area contributed by atoms with E-state index in [4.69, 9.17) is 4.74 Å². The first-order chi connectivity index (χ1) is 13.2. The number of rotatable bonds is 4. The Morgan fingerprint density at radius 3 is 1.63 bits per heavy atom. The van der Waals surface area contributed by atoms with Crippen molar-refractivity contribution in [2.75, 3.05) is 7.11 Å². The lowest BCUT2D eigenvalue weighted by Gasteiger charge is -2.13. The molecule has 0 amide bonds. The minimum Gasteiger partial charge on any atom is -0.545 e. The second-order valence-corrected chi connectivity index (χ2v) is 6.30. The Bertz CT molecular complexity index is 1110. The van der Waals surface area contributed by atoms with Crippen LogP contribution in [0.1, 0.15) is 10.4 Å². The monoisotopic (exact) mass is 353 g/mol. The average Bonchev–Trinajstić information content (AvgIpc) is 2.73. The molecule has 0 aromatic heterocycles. The Hall–Kier alpha value is -3.59. The highest BCUT2D eigenvalue weighted by Crippen LogP contribution is 2.36. The van der Waals surface area contributed by atoms with Crippen LogP contribution in [0.3, 0.4) is 0 Å². The lowest BCUT2D eigenvalue weighted by atomic mass is 9.92. The molecule has 0 aliphatic carbocycles. The van der Waals surface area contributed by atoms with Crippen molar-refractivity contribution in [3.05, 3.63) is 90.5 Å². The summed E-state index contributed by atoms with van der Waals surface area (Å²) >= 11 is 0. The number of carboxylic acid groups (broad SMARTS) is 1. The molecule has 0 saturated heterocycles. The third-order valence-corrected chi connectivity index (χ3v) is 4.76. The Labute approximate surface area is 157 Å². The highest BCUT2D eigenvalue weighted by atomic mass is 16.5. The van der Waals surface area contributed by atoms with E-state index in [-0.39, 0.29) is 5.56 Å². The summed E-state index contributed by atoms with van der Waals surface area (Å²) in [7, 11) is 1.66. The van der Waals surface area contributed by atoms with Crippen LogP contribution in [0.25, 0.3) is 33.0 Å². The molecule has 0 fully saturated rings. The summed E-state index contributed by atoms with van der Waals surface area (Å²) in [6.07, 6.45) is 0. The zero-order valence-electron chi connectivity index (χ0n) is 14.8. The molecule has 3 heteroatoms. The minimum atomic E-state index is -1.17. The second-order valence-electron chi connectivity index (χ2n) is 6.30. The minimum absolute atomic E-state index is 0.179. The maximum absolute atomic E-state index is 11.0. The van der Waals surface area contributed by atoms with Gasteiger partial charge in [0.25, 0.3) is 0 Å². The van der Waals surface area contributed by atoms with Gasteiger partial charge in [0.2, 0.25) is 0 Å². The molecule has 3 nitrogen and oxygen atoms in total. The number of carbonyl (C=O) groups is 1. The first-order valence-electron chi connectivity index (χ1n) is 8.65. The number of carboxylic acids is 1. The molecule has 0 heterocycles. The molecule has 132 valence electrons. The van der Waals surface area contributed by atoms with Crippen molar-refractivity contribution in [2.24, 2.45) is 0 Å². The van der Waals surface area contributed by atoms with Crippen LogP contribution in [0.4, 0.5) is 0 Å². The van der Waals surface area contributed by atoms with Crippen LogP contribution in [-0.4, -0.2) is 13.1 Å².